The maximum atomic E-state index is 11.3. The van der Waals surface area contributed by atoms with Gasteiger partial charge in [-0.2, -0.15) is 0 Å². The second-order valence-corrected chi connectivity index (χ2v) is 3.27. The molecule has 1 fully saturated rings. The van der Waals surface area contributed by atoms with Crippen molar-refractivity contribution in [1.29, 1.82) is 0 Å². The summed E-state index contributed by atoms with van der Waals surface area (Å²) < 4.78 is 0. The summed E-state index contributed by atoms with van der Waals surface area (Å²) in [6.07, 6.45) is 5.65. The third-order valence-corrected chi connectivity index (χ3v) is 2.29. The Morgan fingerprint density at radius 3 is 3.09 bits per heavy atom. The molecule has 1 N–H and O–H groups in total. The van der Waals surface area contributed by atoms with Crippen molar-refractivity contribution < 1.29 is 4.79 Å². The summed E-state index contributed by atoms with van der Waals surface area (Å²) in [5.74, 6) is 0.590. The van der Waals surface area contributed by atoms with Gasteiger partial charge >= 0.3 is 0 Å². The molecule has 1 aliphatic heterocycles. The van der Waals surface area contributed by atoms with Crippen LogP contribution in [0.25, 0.3) is 0 Å². The second kappa shape index (κ2) is 4.37. The number of carbonyl (C=O) groups is 1. The molecule has 11 heavy (non-hydrogen) atoms. The van der Waals surface area contributed by atoms with Crippen molar-refractivity contribution in [2.75, 3.05) is 6.54 Å². The first kappa shape index (κ1) is 8.57. The largest absolute Gasteiger partial charge is 0.356 e. The van der Waals surface area contributed by atoms with Gasteiger partial charge < -0.3 is 5.32 Å². The number of hydrogen-bond acceptors (Lipinski definition) is 1. The Morgan fingerprint density at radius 2 is 2.36 bits per heavy atom. The minimum atomic E-state index is 0.282. The Morgan fingerprint density at radius 1 is 1.55 bits per heavy atom. The third-order valence-electron chi connectivity index (χ3n) is 2.29. The average molecular weight is 155 g/mol. The van der Waals surface area contributed by atoms with Gasteiger partial charge in [0, 0.05) is 12.5 Å². The Labute approximate surface area is 68.4 Å². The second-order valence-electron chi connectivity index (χ2n) is 3.27. The van der Waals surface area contributed by atoms with Crippen molar-refractivity contribution in [2.45, 2.75) is 39.0 Å². The van der Waals surface area contributed by atoms with Crippen LogP contribution in [0, 0.1) is 5.92 Å². The molecule has 1 amide bonds. The Kier molecular flexibility index (Phi) is 3.40. The van der Waals surface area contributed by atoms with Crippen molar-refractivity contribution in [3.8, 4) is 0 Å². The topological polar surface area (TPSA) is 29.1 Å². The number of nitrogens with one attached hydrogen (secondary N) is 1. The predicted octanol–water partition coefficient (Wildman–Crippen LogP) is 1.70. The molecule has 2 nitrogen and oxygen atoms in total. The van der Waals surface area contributed by atoms with Crippen LogP contribution < -0.4 is 5.32 Å². The number of hydrogen-bond donors (Lipinski definition) is 1. The van der Waals surface area contributed by atoms with E-state index in [0.29, 0.717) is 5.92 Å². The summed E-state index contributed by atoms with van der Waals surface area (Å²) in [6, 6.07) is 0. The van der Waals surface area contributed by atoms with Crippen LogP contribution in [0.15, 0.2) is 0 Å². The summed E-state index contributed by atoms with van der Waals surface area (Å²) in [5.41, 5.74) is 0. The molecule has 0 unspecified atom stereocenters. The van der Waals surface area contributed by atoms with Crippen molar-refractivity contribution in [3.63, 3.8) is 0 Å². The fourth-order valence-corrected chi connectivity index (χ4v) is 1.63. The first-order valence-corrected chi connectivity index (χ1v) is 4.62. The van der Waals surface area contributed by atoms with E-state index in [1.165, 1.54) is 6.42 Å². The predicted molar refractivity (Wildman–Crippen MR) is 45.3 cm³/mol. The molecule has 0 aliphatic carbocycles. The van der Waals surface area contributed by atoms with Gasteiger partial charge in [0.15, 0.2) is 0 Å². The van der Waals surface area contributed by atoms with E-state index in [1.54, 1.807) is 0 Å². The molecule has 1 saturated heterocycles. The van der Waals surface area contributed by atoms with Gasteiger partial charge in [-0.15, -0.1) is 0 Å². The molecule has 0 aromatic heterocycles. The van der Waals surface area contributed by atoms with Gasteiger partial charge in [-0.25, -0.2) is 0 Å². The van der Waals surface area contributed by atoms with E-state index in [2.05, 4.69) is 12.2 Å². The van der Waals surface area contributed by atoms with Crippen molar-refractivity contribution >= 4 is 5.91 Å². The molecule has 2 heteroatoms. The zero-order valence-corrected chi connectivity index (χ0v) is 7.23. The highest BCUT2D eigenvalue weighted by Gasteiger charge is 2.18. The van der Waals surface area contributed by atoms with Crippen molar-refractivity contribution in [3.05, 3.63) is 0 Å². The van der Waals surface area contributed by atoms with Gasteiger partial charge in [0.2, 0.25) is 5.91 Å². The molecule has 0 spiro atoms. The summed E-state index contributed by atoms with van der Waals surface area (Å²) in [7, 11) is 0. The Hall–Kier alpha value is -0.530. The number of amides is 1. The zero-order chi connectivity index (χ0) is 8.10. The molecule has 1 heterocycles. The van der Waals surface area contributed by atoms with Gasteiger partial charge in [-0.1, -0.05) is 19.8 Å². The standard InChI is InChI=1S/C9H17NO/c1-2-5-8-6-3-4-7-10-9(8)11/h8H,2-7H2,1H3,(H,10,11)/t8-/m1/s1. The lowest BCUT2D eigenvalue weighted by atomic mass is 9.98. The third kappa shape index (κ3) is 2.52. The lowest BCUT2D eigenvalue weighted by Gasteiger charge is -2.10. The minimum Gasteiger partial charge on any atom is -0.356 e. The van der Waals surface area contributed by atoms with Crippen LogP contribution in [-0.2, 0) is 4.79 Å². The zero-order valence-electron chi connectivity index (χ0n) is 7.23. The highest BCUT2D eigenvalue weighted by atomic mass is 16.1. The molecular formula is C9H17NO. The summed E-state index contributed by atoms with van der Waals surface area (Å²) in [5, 5.41) is 2.94. The van der Waals surface area contributed by atoms with E-state index in [4.69, 9.17) is 0 Å². The first-order chi connectivity index (χ1) is 5.34. The maximum absolute atomic E-state index is 11.3. The van der Waals surface area contributed by atoms with Crippen LogP contribution >= 0.6 is 0 Å². The normalized spacial score (nSPS) is 25.9. The quantitative estimate of drug-likeness (QED) is 0.646. The van der Waals surface area contributed by atoms with Gasteiger partial charge in [0.05, 0.1) is 0 Å². The van der Waals surface area contributed by atoms with E-state index in [-0.39, 0.29) is 5.91 Å². The lowest BCUT2D eigenvalue weighted by Crippen LogP contribution is -2.28. The Balaban J connectivity index is 2.39. The fourth-order valence-electron chi connectivity index (χ4n) is 1.63. The van der Waals surface area contributed by atoms with Gasteiger partial charge in [0.25, 0.3) is 0 Å². The van der Waals surface area contributed by atoms with Gasteiger partial charge in [0.1, 0.15) is 0 Å². The van der Waals surface area contributed by atoms with Crippen LogP contribution in [0.1, 0.15) is 39.0 Å². The molecule has 1 aliphatic rings. The fraction of sp³-hybridized carbons (Fsp3) is 0.889. The molecule has 0 radical (unpaired) electrons. The molecule has 64 valence electrons. The summed E-state index contributed by atoms with van der Waals surface area (Å²) >= 11 is 0. The summed E-state index contributed by atoms with van der Waals surface area (Å²) in [4.78, 5) is 11.3. The number of rotatable bonds is 2. The lowest BCUT2D eigenvalue weighted by molar-refractivity contribution is -0.124. The van der Waals surface area contributed by atoms with Crippen LogP contribution in [0.4, 0.5) is 0 Å². The van der Waals surface area contributed by atoms with E-state index < -0.39 is 0 Å². The van der Waals surface area contributed by atoms with Crippen LogP contribution in [-0.4, -0.2) is 12.5 Å². The molecule has 0 saturated carbocycles. The van der Waals surface area contributed by atoms with Gasteiger partial charge in [-0.3, -0.25) is 4.79 Å². The smallest absolute Gasteiger partial charge is 0.223 e. The average Bonchev–Trinajstić information content (AvgIpc) is 2.18. The monoisotopic (exact) mass is 155 g/mol. The van der Waals surface area contributed by atoms with Crippen molar-refractivity contribution in [1.82, 2.24) is 5.32 Å². The van der Waals surface area contributed by atoms with E-state index in [0.717, 1.165) is 32.2 Å². The molecule has 1 rings (SSSR count). The van der Waals surface area contributed by atoms with Crippen LogP contribution in [0.2, 0.25) is 0 Å². The molecule has 0 aromatic rings. The highest BCUT2D eigenvalue weighted by molar-refractivity contribution is 5.78. The molecule has 1 atom stereocenters. The first-order valence-electron chi connectivity index (χ1n) is 4.62. The Bertz CT molecular complexity index is 134. The van der Waals surface area contributed by atoms with Crippen LogP contribution in [0.3, 0.4) is 0 Å². The van der Waals surface area contributed by atoms with E-state index >= 15 is 0 Å². The highest BCUT2D eigenvalue weighted by Crippen LogP contribution is 2.17. The molecule has 0 bridgehead atoms. The van der Waals surface area contributed by atoms with Crippen LogP contribution in [0.5, 0.6) is 0 Å². The molecular weight excluding hydrogens is 138 g/mol. The minimum absolute atomic E-state index is 0.282. The van der Waals surface area contributed by atoms with Crippen molar-refractivity contribution in [2.24, 2.45) is 5.92 Å². The number of carbonyl (C=O) groups excluding carboxylic acids is 1. The SMILES string of the molecule is CCC[C@@H]1CCCCNC1=O. The van der Waals surface area contributed by atoms with E-state index in [9.17, 15) is 4.79 Å². The molecule has 0 aromatic carbocycles. The maximum Gasteiger partial charge on any atom is 0.223 e. The van der Waals surface area contributed by atoms with E-state index in [1.807, 2.05) is 0 Å². The summed E-state index contributed by atoms with van der Waals surface area (Å²) in [6.45, 7) is 3.03. The van der Waals surface area contributed by atoms with Gasteiger partial charge in [-0.05, 0) is 19.3 Å².